The zero-order valence-corrected chi connectivity index (χ0v) is 13.5. The van der Waals surface area contributed by atoms with Gasteiger partial charge in [0.1, 0.15) is 0 Å². The van der Waals surface area contributed by atoms with Crippen LogP contribution in [0.25, 0.3) is 0 Å². The minimum atomic E-state index is -0.343. The largest absolute Gasteiger partial charge is 0.354 e. The lowest BCUT2D eigenvalue weighted by Crippen LogP contribution is -2.45. The Labute approximate surface area is 122 Å². The molecule has 1 fully saturated rings. The second-order valence-electron chi connectivity index (χ2n) is 6.41. The monoisotopic (exact) mass is 286 g/mol. The van der Waals surface area contributed by atoms with Crippen molar-refractivity contribution in [3.63, 3.8) is 0 Å². The van der Waals surface area contributed by atoms with Gasteiger partial charge in [0.25, 0.3) is 0 Å². The van der Waals surface area contributed by atoms with E-state index in [0.717, 1.165) is 18.7 Å². The molecule has 1 saturated carbocycles. The van der Waals surface area contributed by atoms with Crippen molar-refractivity contribution in [1.29, 1.82) is 0 Å². The third-order valence-electron chi connectivity index (χ3n) is 4.11. The number of thioether (sulfide) groups is 1. The fraction of sp³-hybridized carbons (Fsp3) is 0.933. The molecule has 1 amide bonds. The quantitative estimate of drug-likeness (QED) is 0.721. The maximum atomic E-state index is 12.0. The van der Waals surface area contributed by atoms with Gasteiger partial charge < -0.3 is 11.1 Å². The molecule has 3 N–H and O–H groups in total. The Balaban J connectivity index is 2.41. The normalized spacial score (nSPS) is 19.6. The molecule has 1 aliphatic carbocycles. The van der Waals surface area contributed by atoms with E-state index >= 15 is 0 Å². The number of nitrogens with two attached hydrogens (primary N) is 1. The zero-order chi connectivity index (χ0) is 14.3. The molecule has 0 aromatic rings. The molecule has 0 spiro atoms. The number of nitrogens with one attached hydrogen (secondary N) is 1. The van der Waals surface area contributed by atoms with Crippen molar-refractivity contribution in [3.8, 4) is 0 Å². The molecule has 1 aliphatic rings. The SMILES string of the molecule is CSCC[C@@H](N)C(=O)NCC1(CC(C)C)CCCC1. The van der Waals surface area contributed by atoms with Gasteiger partial charge in [-0.15, -0.1) is 0 Å². The number of rotatable bonds is 8. The highest BCUT2D eigenvalue weighted by Crippen LogP contribution is 2.42. The minimum Gasteiger partial charge on any atom is -0.354 e. The Morgan fingerprint density at radius 3 is 2.53 bits per heavy atom. The molecule has 0 unspecified atom stereocenters. The number of hydrogen-bond acceptors (Lipinski definition) is 3. The summed E-state index contributed by atoms with van der Waals surface area (Å²) in [6, 6.07) is -0.343. The molecular formula is C15H30N2OS. The lowest BCUT2D eigenvalue weighted by atomic mass is 9.78. The van der Waals surface area contributed by atoms with E-state index in [0.29, 0.717) is 11.3 Å². The smallest absolute Gasteiger partial charge is 0.236 e. The van der Waals surface area contributed by atoms with E-state index < -0.39 is 0 Å². The molecule has 0 aliphatic heterocycles. The van der Waals surface area contributed by atoms with Gasteiger partial charge in [-0.25, -0.2) is 0 Å². The van der Waals surface area contributed by atoms with Crippen molar-refractivity contribution in [2.24, 2.45) is 17.1 Å². The van der Waals surface area contributed by atoms with Crippen LogP contribution in [-0.2, 0) is 4.79 Å². The highest BCUT2D eigenvalue weighted by molar-refractivity contribution is 7.98. The summed E-state index contributed by atoms with van der Waals surface area (Å²) in [7, 11) is 0. The van der Waals surface area contributed by atoms with Crippen LogP contribution in [0.3, 0.4) is 0 Å². The van der Waals surface area contributed by atoms with Crippen molar-refractivity contribution in [2.45, 2.75) is 58.4 Å². The lowest BCUT2D eigenvalue weighted by molar-refractivity contribution is -0.123. The molecule has 19 heavy (non-hydrogen) atoms. The van der Waals surface area contributed by atoms with Gasteiger partial charge in [-0.1, -0.05) is 26.7 Å². The number of carbonyl (C=O) groups excluding carboxylic acids is 1. The van der Waals surface area contributed by atoms with Crippen LogP contribution in [0, 0.1) is 11.3 Å². The van der Waals surface area contributed by atoms with Crippen LogP contribution in [0.2, 0.25) is 0 Å². The third kappa shape index (κ3) is 5.74. The summed E-state index contributed by atoms with van der Waals surface area (Å²) in [6.45, 7) is 5.36. The zero-order valence-electron chi connectivity index (χ0n) is 12.7. The van der Waals surface area contributed by atoms with Crippen LogP contribution < -0.4 is 11.1 Å². The predicted molar refractivity (Wildman–Crippen MR) is 84.3 cm³/mol. The maximum absolute atomic E-state index is 12.0. The average molecular weight is 286 g/mol. The summed E-state index contributed by atoms with van der Waals surface area (Å²) in [5, 5.41) is 3.11. The molecule has 4 heteroatoms. The van der Waals surface area contributed by atoms with E-state index in [1.807, 2.05) is 6.26 Å². The van der Waals surface area contributed by atoms with Gasteiger partial charge in [-0.05, 0) is 49.0 Å². The first-order chi connectivity index (χ1) is 8.99. The van der Waals surface area contributed by atoms with Crippen molar-refractivity contribution >= 4 is 17.7 Å². The van der Waals surface area contributed by atoms with Gasteiger partial charge in [0.05, 0.1) is 6.04 Å². The van der Waals surface area contributed by atoms with Crippen LogP contribution in [-0.4, -0.2) is 30.5 Å². The molecule has 0 aromatic carbocycles. The summed E-state index contributed by atoms with van der Waals surface area (Å²) in [5.41, 5.74) is 6.24. The summed E-state index contributed by atoms with van der Waals surface area (Å²) in [5.74, 6) is 1.68. The second kappa shape index (κ2) is 8.15. The fourth-order valence-corrected chi connectivity index (χ4v) is 3.72. The summed E-state index contributed by atoms with van der Waals surface area (Å²) in [6.07, 6.45) is 9.15. The number of hydrogen-bond donors (Lipinski definition) is 2. The Morgan fingerprint density at radius 1 is 1.37 bits per heavy atom. The summed E-state index contributed by atoms with van der Waals surface area (Å²) in [4.78, 5) is 12.0. The molecule has 1 atom stereocenters. The molecule has 0 saturated heterocycles. The molecule has 3 nitrogen and oxygen atoms in total. The minimum absolute atomic E-state index is 0.0316. The van der Waals surface area contributed by atoms with E-state index in [1.54, 1.807) is 11.8 Å². The van der Waals surface area contributed by atoms with Crippen LogP contribution in [0.4, 0.5) is 0 Å². The first kappa shape index (κ1) is 16.8. The van der Waals surface area contributed by atoms with E-state index in [2.05, 4.69) is 19.2 Å². The Morgan fingerprint density at radius 2 is 2.00 bits per heavy atom. The van der Waals surface area contributed by atoms with Crippen molar-refractivity contribution in [2.75, 3.05) is 18.6 Å². The highest BCUT2D eigenvalue weighted by Gasteiger charge is 2.34. The number of carbonyl (C=O) groups is 1. The predicted octanol–water partition coefficient (Wildman–Crippen LogP) is 2.79. The summed E-state index contributed by atoms with van der Waals surface area (Å²) >= 11 is 1.74. The van der Waals surface area contributed by atoms with Gasteiger partial charge in [-0.3, -0.25) is 4.79 Å². The van der Waals surface area contributed by atoms with Crippen LogP contribution in [0.1, 0.15) is 52.4 Å². The molecule has 0 heterocycles. The topological polar surface area (TPSA) is 55.1 Å². The van der Waals surface area contributed by atoms with E-state index in [4.69, 9.17) is 5.73 Å². The van der Waals surface area contributed by atoms with Gasteiger partial charge >= 0.3 is 0 Å². The van der Waals surface area contributed by atoms with Crippen LogP contribution >= 0.6 is 11.8 Å². The molecule has 112 valence electrons. The van der Waals surface area contributed by atoms with E-state index in [1.165, 1.54) is 32.1 Å². The fourth-order valence-electron chi connectivity index (χ4n) is 3.23. The highest BCUT2D eigenvalue weighted by atomic mass is 32.2. The summed E-state index contributed by atoms with van der Waals surface area (Å²) < 4.78 is 0. The maximum Gasteiger partial charge on any atom is 0.236 e. The molecule has 0 aromatic heterocycles. The molecule has 0 bridgehead atoms. The second-order valence-corrected chi connectivity index (χ2v) is 7.40. The van der Waals surface area contributed by atoms with E-state index in [9.17, 15) is 4.79 Å². The molecule has 1 rings (SSSR count). The van der Waals surface area contributed by atoms with Gasteiger partial charge in [-0.2, -0.15) is 11.8 Å². The van der Waals surface area contributed by atoms with Crippen molar-refractivity contribution in [3.05, 3.63) is 0 Å². The van der Waals surface area contributed by atoms with Crippen LogP contribution in [0.15, 0.2) is 0 Å². The lowest BCUT2D eigenvalue weighted by Gasteiger charge is -2.31. The molecular weight excluding hydrogens is 256 g/mol. The van der Waals surface area contributed by atoms with Gasteiger partial charge in [0.15, 0.2) is 0 Å². The molecule has 0 radical (unpaired) electrons. The Kier molecular flexibility index (Phi) is 7.22. The number of amides is 1. The first-order valence-corrected chi connectivity index (χ1v) is 8.91. The Hall–Kier alpha value is -0.220. The van der Waals surface area contributed by atoms with Gasteiger partial charge in [0, 0.05) is 6.54 Å². The van der Waals surface area contributed by atoms with Crippen molar-refractivity contribution in [1.82, 2.24) is 5.32 Å². The van der Waals surface area contributed by atoms with Crippen molar-refractivity contribution < 1.29 is 4.79 Å². The standard InChI is InChI=1S/C15H30N2OS/c1-12(2)10-15(7-4-5-8-15)11-17-14(18)13(16)6-9-19-3/h12-13H,4-11,16H2,1-3H3,(H,17,18)/t13-/m1/s1. The van der Waals surface area contributed by atoms with Gasteiger partial charge in [0.2, 0.25) is 5.91 Å². The van der Waals surface area contributed by atoms with Crippen LogP contribution in [0.5, 0.6) is 0 Å². The Bertz CT molecular complexity index is 275. The average Bonchev–Trinajstić information content (AvgIpc) is 2.81. The first-order valence-electron chi connectivity index (χ1n) is 7.51. The van der Waals surface area contributed by atoms with E-state index in [-0.39, 0.29) is 11.9 Å². The third-order valence-corrected chi connectivity index (χ3v) is 4.76.